The molecule has 0 radical (unpaired) electrons. The van der Waals surface area contributed by atoms with E-state index in [1.807, 2.05) is 30.3 Å². The summed E-state index contributed by atoms with van der Waals surface area (Å²) in [7, 11) is 0. The Morgan fingerprint density at radius 2 is 1.81 bits per heavy atom. The largest absolute Gasteiger partial charge is 0.508 e. The van der Waals surface area contributed by atoms with Gasteiger partial charge in [-0.15, -0.1) is 0 Å². The Bertz CT molecular complexity index is 553. The van der Waals surface area contributed by atoms with Crippen LogP contribution in [0.2, 0.25) is 5.02 Å². The Kier molecular flexibility index (Phi) is 6.09. The van der Waals surface area contributed by atoms with Gasteiger partial charge in [-0.25, -0.2) is 0 Å². The summed E-state index contributed by atoms with van der Waals surface area (Å²) in [6.07, 6.45) is 3.09. The molecule has 2 aromatic carbocycles. The molecule has 1 atom stereocenters. The second-order valence-corrected chi connectivity index (χ2v) is 5.88. The predicted octanol–water partition coefficient (Wildman–Crippen LogP) is 4.20. The van der Waals surface area contributed by atoms with Crippen molar-refractivity contribution in [3.8, 4) is 5.75 Å². The van der Waals surface area contributed by atoms with E-state index in [9.17, 15) is 5.11 Å². The predicted molar refractivity (Wildman–Crippen MR) is 89.0 cm³/mol. The zero-order valence-corrected chi connectivity index (χ0v) is 13.1. The fraction of sp³-hybridized carbons (Fsp3) is 0.333. The first kappa shape index (κ1) is 15.9. The highest BCUT2D eigenvalue weighted by Gasteiger charge is 2.03. The second-order valence-electron chi connectivity index (χ2n) is 5.44. The second kappa shape index (κ2) is 8.06. The Hall–Kier alpha value is -1.51. The van der Waals surface area contributed by atoms with Crippen molar-refractivity contribution in [3.63, 3.8) is 0 Å². The minimum Gasteiger partial charge on any atom is -0.508 e. The Labute approximate surface area is 131 Å². The van der Waals surface area contributed by atoms with Crippen LogP contribution >= 0.6 is 11.6 Å². The van der Waals surface area contributed by atoms with Crippen molar-refractivity contribution in [1.82, 2.24) is 5.32 Å². The van der Waals surface area contributed by atoms with Crippen LogP contribution in [0.4, 0.5) is 0 Å². The number of phenolic OH excluding ortho intramolecular Hbond substituents is 1. The molecule has 0 aliphatic carbocycles. The van der Waals surface area contributed by atoms with E-state index < -0.39 is 0 Å². The molecule has 0 amide bonds. The molecule has 0 saturated heterocycles. The maximum absolute atomic E-state index is 9.26. The van der Waals surface area contributed by atoms with Crippen LogP contribution in [0.1, 0.15) is 24.5 Å². The zero-order valence-electron chi connectivity index (χ0n) is 12.3. The molecule has 0 unspecified atom stereocenters. The molecule has 112 valence electrons. The monoisotopic (exact) mass is 303 g/mol. The number of nitrogens with one attached hydrogen (secondary N) is 1. The summed E-state index contributed by atoms with van der Waals surface area (Å²) in [4.78, 5) is 0. The van der Waals surface area contributed by atoms with Crippen LogP contribution in [0, 0.1) is 0 Å². The molecule has 2 rings (SSSR count). The van der Waals surface area contributed by atoms with E-state index >= 15 is 0 Å². The van der Waals surface area contributed by atoms with Crippen molar-refractivity contribution in [2.24, 2.45) is 0 Å². The maximum atomic E-state index is 9.26. The Morgan fingerprint density at radius 3 is 2.52 bits per heavy atom. The standard InChI is InChI=1S/C18H22ClNO/c1-14(5-6-15-7-9-18(21)10-8-15)20-12-11-16-3-2-4-17(19)13-16/h2-4,7-10,13-14,20-21H,5-6,11-12H2,1H3/t14-/m0/s1. The maximum Gasteiger partial charge on any atom is 0.115 e. The number of halogens is 1. The van der Waals surface area contributed by atoms with E-state index in [4.69, 9.17) is 11.6 Å². The molecule has 0 bridgehead atoms. The topological polar surface area (TPSA) is 32.3 Å². The van der Waals surface area contributed by atoms with Gasteiger partial charge in [0.2, 0.25) is 0 Å². The SMILES string of the molecule is C[C@@H](CCc1ccc(O)cc1)NCCc1cccc(Cl)c1. The van der Waals surface area contributed by atoms with Crippen LogP contribution in [0.15, 0.2) is 48.5 Å². The van der Waals surface area contributed by atoms with Crippen molar-refractivity contribution in [2.45, 2.75) is 32.2 Å². The fourth-order valence-electron chi connectivity index (χ4n) is 2.30. The third-order valence-electron chi connectivity index (χ3n) is 3.60. The van der Waals surface area contributed by atoms with Crippen LogP contribution in [0.3, 0.4) is 0 Å². The van der Waals surface area contributed by atoms with Gasteiger partial charge in [0.1, 0.15) is 5.75 Å². The van der Waals surface area contributed by atoms with Gasteiger partial charge >= 0.3 is 0 Å². The third kappa shape index (κ3) is 5.78. The van der Waals surface area contributed by atoms with Gasteiger partial charge in [-0.05, 0) is 68.1 Å². The number of aryl methyl sites for hydroxylation is 1. The summed E-state index contributed by atoms with van der Waals surface area (Å²) in [6, 6.07) is 15.9. The smallest absolute Gasteiger partial charge is 0.115 e. The van der Waals surface area contributed by atoms with E-state index in [1.54, 1.807) is 12.1 Å². The summed E-state index contributed by atoms with van der Waals surface area (Å²) in [5.74, 6) is 0.325. The van der Waals surface area contributed by atoms with Crippen molar-refractivity contribution in [1.29, 1.82) is 0 Å². The lowest BCUT2D eigenvalue weighted by atomic mass is 10.1. The minimum atomic E-state index is 0.325. The normalized spacial score (nSPS) is 12.3. The van der Waals surface area contributed by atoms with Gasteiger partial charge in [0.05, 0.1) is 0 Å². The molecule has 0 heterocycles. The lowest BCUT2D eigenvalue weighted by Crippen LogP contribution is -2.28. The van der Waals surface area contributed by atoms with E-state index in [0.717, 1.165) is 30.8 Å². The van der Waals surface area contributed by atoms with Crippen LogP contribution in [-0.2, 0) is 12.8 Å². The quantitative estimate of drug-likeness (QED) is 0.803. The van der Waals surface area contributed by atoms with Crippen molar-refractivity contribution < 1.29 is 5.11 Å². The van der Waals surface area contributed by atoms with Crippen molar-refractivity contribution in [3.05, 3.63) is 64.7 Å². The fourth-order valence-corrected chi connectivity index (χ4v) is 2.52. The van der Waals surface area contributed by atoms with Gasteiger partial charge < -0.3 is 10.4 Å². The highest BCUT2D eigenvalue weighted by Crippen LogP contribution is 2.12. The van der Waals surface area contributed by atoms with Crippen LogP contribution in [0.25, 0.3) is 0 Å². The lowest BCUT2D eigenvalue weighted by molar-refractivity contribution is 0.474. The molecule has 2 N–H and O–H groups in total. The summed E-state index contributed by atoms with van der Waals surface area (Å²) >= 11 is 5.98. The summed E-state index contributed by atoms with van der Waals surface area (Å²) in [6.45, 7) is 3.16. The molecule has 0 aliphatic rings. The van der Waals surface area contributed by atoms with Gasteiger partial charge in [-0.3, -0.25) is 0 Å². The highest BCUT2D eigenvalue weighted by molar-refractivity contribution is 6.30. The summed E-state index contributed by atoms with van der Waals surface area (Å²) in [5, 5.41) is 13.6. The number of hydrogen-bond acceptors (Lipinski definition) is 2. The molecule has 3 heteroatoms. The zero-order chi connectivity index (χ0) is 15.1. The van der Waals surface area contributed by atoms with Crippen molar-refractivity contribution >= 4 is 11.6 Å². The number of benzene rings is 2. The molecule has 2 nitrogen and oxygen atoms in total. The number of hydrogen-bond donors (Lipinski definition) is 2. The van der Waals surface area contributed by atoms with Crippen molar-refractivity contribution in [2.75, 3.05) is 6.54 Å². The van der Waals surface area contributed by atoms with Gasteiger partial charge in [0, 0.05) is 11.1 Å². The Balaban J connectivity index is 1.67. The van der Waals surface area contributed by atoms with E-state index in [1.165, 1.54) is 11.1 Å². The third-order valence-corrected chi connectivity index (χ3v) is 3.83. The first-order valence-corrected chi connectivity index (χ1v) is 7.77. The summed E-state index contributed by atoms with van der Waals surface area (Å²) < 4.78 is 0. The average molecular weight is 304 g/mol. The van der Waals surface area contributed by atoms with Gasteiger partial charge in [-0.2, -0.15) is 0 Å². The van der Waals surface area contributed by atoms with E-state index in [-0.39, 0.29) is 0 Å². The van der Waals surface area contributed by atoms with Gasteiger partial charge in [-0.1, -0.05) is 35.9 Å². The van der Waals surface area contributed by atoms with E-state index in [2.05, 4.69) is 18.3 Å². The lowest BCUT2D eigenvalue weighted by Gasteiger charge is -2.14. The molecule has 21 heavy (non-hydrogen) atoms. The number of aromatic hydroxyl groups is 1. The summed E-state index contributed by atoms with van der Waals surface area (Å²) in [5.41, 5.74) is 2.53. The Morgan fingerprint density at radius 1 is 1.05 bits per heavy atom. The molecular weight excluding hydrogens is 282 g/mol. The molecule has 0 fully saturated rings. The first-order chi connectivity index (χ1) is 10.1. The molecule has 0 saturated carbocycles. The first-order valence-electron chi connectivity index (χ1n) is 7.39. The molecule has 0 aromatic heterocycles. The number of rotatable bonds is 7. The van der Waals surface area contributed by atoms with Crippen LogP contribution in [0.5, 0.6) is 5.75 Å². The highest BCUT2D eigenvalue weighted by atomic mass is 35.5. The minimum absolute atomic E-state index is 0.325. The number of phenols is 1. The molecular formula is C18H22ClNO. The van der Waals surface area contributed by atoms with Gasteiger partial charge in [0.15, 0.2) is 0 Å². The average Bonchev–Trinajstić information content (AvgIpc) is 2.47. The van der Waals surface area contributed by atoms with Crippen LogP contribution < -0.4 is 5.32 Å². The molecule has 0 spiro atoms. The van der Waals surface area contributed by atoms with Gasteiger partial charge in [0.25, 0.3) is 0 Å². The van der Waals surface area contributed by atoms with E-state index in [0.29, 0.717) is 11.8 Å². The van der Waals surface area contributed by atoms with Crippen LogP contribution in [-0.4, -0.2) is 17.7 Å². The molecule has 0 aliphatic heterocycles. The molecule has 2 aromatic rings.